The first kappa shape index (κ1) is 23.3. The summed E-state index contributed by atoms with van der Waals surface area (Å²) in [4.78, 5) is 45.2. The molecule has 2 aliphatic rings. The average molecular weight is 479 g/mol. The van der Waals surface area contributed by atoms with Crippen LogP contribution in [0.4, 0.5) is 16.4 Å². The van der Waals surface area contributed by atoms with E-state index in [-0.39, 0.29) is 23.7 Å². The lowest BCUT2D eigenvalue weighted by molar-refractivity contribution is -0.389. The number of ether oxygens (including phenoxy) is 1. The van der Waals surface area contributed by atoms with Crippen molar-refractivity contribution < 1.29 is 19.2 Å². The minimum absolute atomic E-state index is 0.0430. The highest BCUT2D eigenvalue weighted by molar-refractivity contribution is 7.15. The van der Waals surface area contributed by atoms with Gasteiger partial charge in [-0.2, -0.15) is 9.38 Å². The Hall–Kier alpha value is -2.89. The van der Waals surface area contributed by atoms with Gasteiger partial charge >= 0.3 is 11.9 Å². The molecule has 2 amide bonds. The maximum absolute atomic E-state index is 13.0. The number of fused-ring (bicyclic) bond motifs is 1. The van der Waals surface area contributed by atoms with E-state index in [1.807, 2.05) is 25.7 Å². The predicted molar refractivity (Wildman–Crippen MR) is 124 cm³/mol. The van der Waals surface area contributed by atoms with Gasteiger partial charge in [0.1, 0.15) is 11.8 Å². The van der Waals surface area contributed by atoms with Gasteiger partial charge in [-0.15, -0.1) is 0 Å². The molecule has 2 aliphatic heterocycles. The number of thiazole rings is 1. The molecule has 0 radical (unpaired) electrons. The molecule has 12 heteroatoms. The van der Waals surface area contributed by atoms with Crippen LogP contribution in [-0.2, 0) is 9.53 Å². The van der Waals surface area contributed by atoms with Crippen LogP contribution in [-0.4, -0.2) is 69.0 Å². The van der Waals surface area contributed by atoms with Crippen LogP contribution in [0, 0.1) is 16.0 Å². The molecule has 0 aliphatic carbocycles. The second-order valence-corrected chi connectivity index (χ2v) is 10.5. The number of rotatable bonds is 4. The molecule has 2 fully saturated rings. The Labute approximate surface area is 195 Å². The van der Waals surface area contributed by atoms with Gasteiger partial charge in [0.25, 0.3) is 4.96 Å². The van der Waals surface area contributed by atoms with Gasteiger partial charge in [-0.3, -0.25) is 4.79 Å². The summed E-state index contributed by atoms with van der Waals surface area (Å²) in [5, 5.41) is 16.6. The van der Waals surface area contributed by atoms with Crippen molar-refractivity contribution in [1.82, 2.24) is 19.6 Å². The van der Waals surface area contributed by atoms with E-state index in [9.17, 15) is 19.7 Å². The van der Waals surface area contributed by atoms with Crippen LogP contribution in [0.5, 0.6) is 0 Å². The summed E-state index contributed by atoms with van der Waals surface area (Å²) >= 11 is 1.35. The van der Waals surface area contributed by atoms with E-state index < -0.39 is 16.6 Å². The highest BCUT2D eigenvalue weighted by atomic mass is 32.1. The Morgan fingerprint density at radius 3 is 2.73 bits per heavy atom. The third kappa shape index (κ3) is 5.21. The number of imidazole rings is 1. The number of nitrogens with zero attached hydrogens (tertiary/aromatic N) is 5. The molecule has 0 aromatic carbocycles. The van der Waals surface area contributed by atoms with Crippen molar-refractivity contribution in [1.29, 1.82) is 0 Å². The van der Waals surface area contributed by atoms with Crippen molar-refractivity contribution in [3.63, 3.8) is 0 Å². The number of piperidine rings is 2. The second kappa shape index (κ2) is 9.16. The monoisotopic (exact) mass is 478 g/mol. The van der Waals surface area contributed by atoms with E-state index >= 15 is 0 Å². The molecule has 0 unspecified atom stereocenters. The van der Waals surface area contributed by atoms with Crippen molar-refractivity contribution in [2.75, 3.05) is 31.1 Å². The van der Waals surface area contributed by atoms with Gasteiger partial charge in [-0.25, -0.2) is 4.79 Å². The maximum atomic E-state index is 13.0. The Kier molecular flexibility index (Phi) is 6.46. The molecule has 2 aromatic heterocycles. The smallest absolute Gasteiger partial charge is 0.410 e. The first-order valence-electron chi connectivity index (χ1n) is 11.3. The number of aromatic nitrogens is 2. The highest BCUT2D eigenvalue weighted by Gasteiger charge is 2.34. The van der Waals surface area contributed by atoms with Crippen LogP contribution in [0.2, 0.25) is 0 Å². The number of anilines is 1. The number of likely N-dealkylation sites (tertiary alicyclic amines) is 1. The molecule has 2 atom stereocenters. The molecule has 2 saturated heterocycles. The fourth-order valence-electron chi connectivity index (χ4n) is 4.43. The van der Waals surface area contributed by atoms with Crippen molar-refractivity contribution in [3.05, 3.63) is 21.7 Å². The quantitative estimate of drug-likeness (QED) is 0.529. The van der Waals surface area contributed by atoms with E-state index in [2.05, 4.69) is 10.3 Å². The third-order valence-corrected chi connectivity index (χ3v) is 6.66. The highest BCUT2D eigenvalue weighted by Crippen LogP contribution is 2.32. The topological polar surface area (TPSA) is 122 Å². The molecule has 0 spiro atoms. The zero-order chi connectivity index (χ0) is 23.8. The lowest BCUT2D eigenvalue weighted by Gasteiger charge is -2.36. The van der Waals surface area contributed by atoms with E-state index in [1.54, 1.807) is 16.5 Å². The molecular weight excluding hydrogens is 448 g/mol. The molecule has 180 valence electrons. The lowest BCUT2D eigenvalue weighted by atomic mass is 9.96. The number of amides is 2. The standard InChI is InChI=1S/C21H30N6O5S/c1-21(2,3)32-20(29)25-9-4-6-14(12-25)17(28)22-15-7-5-8-24(13-15)16-18(27(30)31)26-10-11-33-19(26)23-16/h10-11,14-15H,4-9,12-13H2,1-3H3,(H,22,28)/t14-,15-/m1/s1. The Morgan fingerprint density at radius 1 is 1.24 bits per heavy atom. The Morgan fingerprint density at radius 2 is 2.00 bits per heavy atom. The van der Waals surface area contributed by atoms with Crippen molar-refractivity contribution in [2.24, 2.45) is 5.92 Å². The fourth-order valence-corrected chi connectivity index (χ4v) is 5.14. The van der Waals surface area contributed by atoms with Gasteiger partial charge in [-0.05, 0) is 51.4 Å². The van der Waals surface area contributed by atoms with Crippen molar-refractivity contribution in [3.8, 4) is 0 Å². The maximum Gasteiger partial charge on any atom is 0.410 e. The third-order valence-electron chi connectivity index (χ3n) is 5.90. The average Bonchev–Trinajstić information content (AvgIpc) is 3.34. The van der Waals surface area contributed by atoms with Gasteiger partial charge in [-0.1, -0.05) is 11.3 Å². The molecule has 0 bridgehead atoms. The van der Waals surface area contributed by atoms with E-state index in [4.69, 9.17) is 4.74 Å². The van der Waals surface area contributed by atoms with E-state index in [0.29, 0.717) is 43.4 Å². The molecule has 4 rings (SSSR count). The van der Waals surface area contributed by atoms with Gasteiger partial charge in [0.15, 0.2) is 0 Å². The summed E-state index contributed by atoms with van der Waals surface area (Å²) in [6, 6.07) is -0.137. The largest absolute Gasteiger partial charge is 0.444 e. The minimum Gasteiger partial charge on any atom is -0.444 e. The Bertz CT molecular complexity index is 1040. The van der Waals surface area contributed by atoms with Gasteiger partial charge in [0.2, 0.25) is 11.7 Å². The molecule has 33 heavy (non-hydrogen) atoms. The SMILES string of the molecule is CC(C)(C)OC(=O)N1CCC[C@@H](C(=O)N[C@@H]2CCCN(c3nc4sccn4c3[N+](=O)[O-])C2)C1. The summed E-state index contributed by atoms with van der Waals surface area (Å²) in [6.07, 6.45) is 4.30. The molecule has 2 aromatic rings. The molecule has 11 nitrogen and oxygen atoms in total. The summed E-state index contributed by atoms with van der Waals surface area (Å²) in [7, 11) is 0. The zero-order valence-corrected chi connectivity index (χ0v) is 20.0. The van der Waals surface area contributed by atoms with Gasteiger partial charge in [0.05, 0.1) is 5.92 Å². The van der Waals surface area contributed by atoms with Gasteiger partial charge < -0.3 is 30.0 Å². The number of carbonyl (C=O) groups is 2. The van der Waals surface area contributed by atoms with Crippen LogP contribution in [0.3, 0.4) is 0 Å². The number of carbonyl (C=O) groups excluding carboxylic acids is 2. The van der Waals surface area contributed by atoms with Crippen molar-refractivity contribution >= 4 is 39.9 Å². The number of hydrogen-bond acceptors (Lipinski definition) is 8. The second-order valence-electron chi connectivity index (χ2n) is 9.63. The summed E-state index contributed by atoms with van der Waals surface area (Å²) in [5.74, 6) is -0.0811. The van der Waals surface area contributed by atoms with E-state index in [0.717, 1.165) is 19.3 Å². The normalized spacial score (nSPS) is 21.8. The number of nitro groups is 1. The van der Waals surface area contributed by atoms with Gasteiger partial charge in [0, 0.05) is 37.6 Å². The van der Waals surface area contributed by atoms with Crippen molar-refractivity contribution in [2.45, 2.75) is 58.1 Å². The lowest BCUT2D eigenvalue weighted by Crippen LogP contribution is -2.52. The fraction of sp³-hybridized carbons (Fsp3) is 0.667. The minimum atomic E-state index is -0.581. The Balaban J connectivity index is 1.39. The first-order chi connectivity index (χ1) is 15.6. The molecule has 0 saturated carbocycles. The first-order valence-corrected chi connectivity index (χ1v) is 12.1. The predicted octanol–water partition coefficient (Wildman–Crippen LogP) is 3.04. The number of nitrogens with one attached hydrogen (secondary N) is 1. The summed E-state index contributed by atoms with van der Waals surface area (Å²) < 4.78 is 6.95. The summed E-state index contributed by atoms with van der Waals surface area (Å²) in [5.41, 5.74) is -0.581. The van der Waals surface area contributed by atoms with Crippen LogP contribution in [0.15, 0.2) is 11.6 Å². The van der Waals surface area contributed by atoms with Crippen LogP contribution >= 0.6 is 11.3 Å². The zero-order valence-electron chi connectivity index (χ0n) is 19.2. The van der Waals surface area contributed by atoms with Crippen LogP contribution in [0.1, 0.15) is 46.5 Å². The van der Waals surface area contributed by atoms with Crippen LogP contribution < -0.4 is 10.2 Å². The summed E-state index contributed by atoms with van der Waals surface area (Å²) in [6.45, 7) is 7.48. The van der Waals surface area contributed by atoms with E-state index in [1.165, 1.54) is 15.7 Å². The molecular formula is C21H30N6O5S. The molecule has 4 heterocycles. The molecule has 1 N–H and O–H groups in total. The van der Waals surface area contributed by atoms with Crippen LogP contribution in [0.25, 0.3) is 4.96 Å². The number of hydrogen-bond donors (Lipinski definition) is 1.